The van der Waals surface area contributed by atoms with E-state index in [0.29, 0.717) is 24.6 Å². The van der Waals surface area contributed by atoms with Crippen molar-refractivity contribution in [2.45, 2.75) is 31.3 Å². The first-order valence-electron chi connectivity index (χ1n) is 9.19. The second-order valence-electron chi connectivity index (χ2n) is 6.96. The number of halogens is 1. The van der Waals surface area contributed by atoms with Crippen molar-refractivity contribution in [2.75, 3.05) is 24.6 Å². The van der Waals surface area contributed by atoms with Crippen molar-refractivity contribution >= 4 is 17.5 Å². The van der Waals surface area contributed by atoms with Crippen molar-refractivity contribution in [2.24, 2.45) is 5.92 Å². The van der Waals surface area contributed by atoms with Gasteiger partial charge in [0, 0.05) is 42.6 Å². The molecule has 6 nitrogen and oxygen atoms in total. The number of hydrogen-bond donors (Lipinski definition) is 2. The molecular formula is C19H24ClN5O. The summed E-state index contributed by atoms with van der Waals surface area (Å²) in [5.41, 5.74) is 6.92. The Hall–Kier alpha value is -1.89. The van der Waals surface area contributed by atoms with E-state index in [1.807, 2.05) is 42.7 Å². The molecule has 1 aromatic heterocycles. The summed E-state index contributed by atoms with van der Waals surface area (Å²) in [7, 11) is 0. The molecule has 3 heterocycles. The van der Waals surface area contributed by atoms with Crippen LogP contribution in [-0.4, -0.2) is 41.7 Å². The maximum absolute atomic E-state index is 5.89. The maximum Gasteiger partial charge on any atom is 0.225 e. The predicted molar refractivity (Wildman–Crippen MR) is 102 cm³/mol. The van der Waals surface area contributed by atoms with Gasteiger partial charge in [-0.2, -0.15) is 0 Å². The minimum absolute atomic E-state index is 0.439. The summed E-state index contributed by atoms with van der Waals surface area (Å²) in [6.45, 7) is 2.73. The Balaban J connectivity index is 1.21. The van der Waals surface area contributed by atoms with E-state index in [9.17, 15) is 0 Å². The zero-order valence-electron chi connectivity index (χ0n) is 14.6. The summed E-state index contributed by atoms with van der Waals surface area (Å²) in [5, 5.41) is 0.730. The fraction of sp³-hybridized carbons (Fsp3) is 0.474. The molecule has 0 radical (unpaired) electrons. The van der Waals surface area contributed by atoms with Gasteiger partial charge in [-0.1, -0.05) is 11.6 Å². The Morgan fingerprint density at radius 1 is 1.15 bits per heavy atom. The number of benzene rings is 1. The Labute approximate surface area is 158 Å². The lowest BCUT2D eigenvalue weighted by atomic mass is 9.94. The van der Waals surface area contributed by atoms with Gasteiger partial charge in [0.15, 0.2) is 0 Å². The molecule has 0 spiro atoms. The summed E-state index contributed by atoms with van der Waals surface area (Å²) in [6.07, 6.45) is 6.89. The fourth-order valence-corrected chi connectivity index (χ4v) is 3.88. The molecule has 0 amide bonds. The first kappa shape index (κ1) is 17.5. The van der Waals surface area contributed by atoms with E-state index in [-0.39, 0.29) is 0 Å². The number of hydrogen-bond acceptors (Lipinski definition) is 6. The van der Waals surface area contributed by atoms with Crippen molar-refractivity contribution in [3.63, 3.8) is 0 Å². The summed E-state index contributed by atoms with van der Waals surface area (Å²) in [4.78, 5) is 11.0. The molecule has 0 bridgehead atoms. The zero-order chi connectivity index (χ0) is 17.8. The summed E-state index contributed by atoms with van der Waals surface area (Å²) in [6, 6.07) is 10.3. The van der Waals surface area contributed by atoms with Gasteiger partial charge in [0.2, 0.25) is 5.95 Å². The van der Waals surface area contributed by atoms with Gasteiger partial charge in [-0.3, -0.25) is 10.9 Å². The van der Waals surface area contributed by atoms with Crippen molar-refractivity contribution in [1.29, 1.82) is 0 Å². The van der Waals surface area contributed by atoms with E-state index in [1.54, 1.807) is 0 Å². The molecule has 3 unspecified atom stereocenters. The van der Waals surface area contributed by atoms with Crippen LogP contribution >= 0.6 is 11.6 Å². The Morgan fingerprint density at radius 2 is 1.96 bits per heavy atom. The minimum atomic E-state index is 0.439. The highest BCUT2D eigenvalue weighted by Gasteiger charge is 2.35. The van der Waals surface area contributed by atoms with E-state index >= 15 is 0 Å². The van der Waals surface area contributed by atoms with Crippen molar-refractivity contribution in [3.8, 4) is 5.75 Å². The molecule has 2 aromatic rings. The second kappa shape index (κ2) is 8.20. The Kier molecular flexibility index (Phi) is 5.53. The molecule has 0 saturated carbocycles. The average Bonchev–Trinajstić information content (AvgIpc) is 3.33. The van der Waals surface area contributed by atoms with Crippen LogP contribution in [0.25, 0.3) is 0 Å². The average molecular weight is 374 g/mol. The molecule has 2 saturated heterocycles. The molecule has 2 aliphatic rings. The Morgan fingerprint density at radius 3 is 2.77 bits per heavy atom. The van der Waals surface area contributed by atoms with Crippen LogP contribution in [0.5, 0.6) is 5.75 Å². The van der Waals surface area contributed by atoms with Gasteiger partial charge >= 0.3 is 0 Å². The van der Waals surface area contributed by atoms with Crippen molar-refractivity contribution < 1.29 is 4.74 Å². The van der Waals surface area contributed by atoms with Crippen molar-refractivity contribution in [3.05, 3.63) is 47.7 Å². The van der Waals surface area contributed by atoms with Gasteiger partial charge in [0.1, 0.15) is 5.75 Å². The molecule has 4 rings (SSSR count). The van der Waals surface area contributed by atoms with Crippen LogP contribution < -0.4 is 20.5 Å². The molecule has 26 heavy (non-hydrogen) atoms. The fourth-order valence-electron chi connectivity index (χ4n) is 3.75. The van der Waals surface area contributed by atoms with Crippen LogP contribution in [0.15, 0.2) is 42.7 Å². The molecule has 3 atom stereocenters. The third-order valence-electron chi connectivity index (χ3n) is 5.19. The smallest absolute Gasteiger partial charge is 0.225 e. The van der Waals surface area contributed by atoms with Crippen LogP contribution in [0.4, 0.5) is 5.95 Å². The van der Waals surface area contributed by atoms with Gasteiger partial charge in [0.25, 0.3) is 0 Å². The lowest BCUT2D eigenvalue weighted by Crippen LogP contribution is -2.38. The Bertz CT molecular complexity index is 699. The van der Waals surface area contributed by atoms with E-state index in [4.69, 9.17) is 16.3 Å². The van der Waals surface area contributed by atoms with E-state index < -0.39 is 0 Å². The number of nitrogens with zero attached hydrogens (tertiary/aromatic N) is 3. The molecule has 2 aliphatic heterocycles. The molecule has 7 heteroatoms. The molecule has 1 aromatic carbocycles. The minimum Gasteiger partial charge on any atom is -0.494 e. The standard InChI is InChI=1S/C19H24ClN5O/c20-15-2-4-17(5-3-15)26-11-7-16-12-18(24-23-16)14-6-10-25(13-14)19-21-8-1-9-22-19/h1-5,8-9,14,16,18,23-24H,6-7,10-13H2. The van der Waals surface area contributed by atoms with E-state index in [2.05, 4.69) is 25.7 Å². The molecule has 2 N–H and O–H groups in total. The highest BCUT2D eigenvalue weighted by Crippen LogP contribution is 2.27. The maximum atomic E-state index is 5.89. The van der Waals surface area contributed by atoms with Crippen LogP contribution in [0, 0.1) is 5.92 Å². The summed E-state index contributed by atoms with van der Waals surface area (Å²) < 4.78 is 5.81. The third-order valence-corrected chi connectivity index (χ3v) is 5.44. The van der Waals surface area contributed by atoms with Gasteiger partial charge < -0.3 is 9.64 Å². The van der Waals surface area contributed by atoms with Crippen molar-refractivity contribution in [1.82, 2.24) is 20.8 Å². The zero-order valence-corrected chi connectivity index (χ0v) is 15.4. The second-order valence-corrected chi connectivity index (χ2v) is 7.40. The van der Waals surface area contributed by atoms with Gasteiger partial charge in [-0.05, 0) is 55.5 Å². The number of ether oxygens (including phenoxy) is 1. The number of aromatic nitrogens is 2. The van der Waals surface area contributed by atoms with Crippen LogP contribution in [0.3, 0.4) is 0 Å². The van der Waals surface area contributed by atoms with Crippen LogP contribution in [0.1, 0.15) is 19.3 Å². The predicted octanol–water partition coefficient (Wildman–Crippen LogP) is 2.66. The topological polar surface area (TPSA) is 62.3 Å². The van der Waals surface area contributed by atoms with E-state index in [1.165, 1.54) is 6.42 Å². The SMILES string of the molecule is Clc1ccc(OCCC2CC(C3CCN(c4ncccn4)C3)NN2)cc1. The van der Waals surface area contributed by atoms with E-state index in [0.717, 1.165) is 42.7 Å². The molecular weight excluding hydrogens is 350 g/mol. The number of nitrogens with one attached hydrogen (secondary N) is 2. The molecule has 138 valence electrons. The van der Waals surface area contributed by atoms with Gasteiger partial charge in [-0.25, -0.2) is 9.97 Å². The van der Waals surface area contributed by atoms with Crippen LogP contribution in [-0.2, 0) is 0 Å². The lowest BCUT2D eigenvalue weighted by Gasteiger charge is -2.19. The molecule has 0 aliphatic carbocycles. The first-order chi connectivity index (χ1) is 12.8. The monoisotopic (exact) mass is 373 g/mol. The molecule has 2 fully saturated rings. The normalized spacial score (nSPS) is 25.6. The van der Waals surface area contributed by atoms with Crippen LogP contribution in [0.2, 0.25) is 5.02 Å². The highest BCUT2D eigenvalue weighted by molar-refractivity contribution is 6.30. The van der Waals surface area contributed by atoms with Gasteiger partial charge in [0.05, 0.1) is 6.61 Å². The summed E-state index contributed by atoms with van der Waals surface area (Å²) in [5.74, 6) is 2.33. The first-order valence-corrected chi connectivity index (χ1v) is 9.57. The lowest BCUT2D eigenvalue weighted by molar-refractivity contribution is 0.289. The number of rotatable bonds is 6. The number of anilines is 1. The largest absolute Gasteiger partial charge is 0.494 e. The third kappa shape index (κ3) is 4.26. The number of hydrazine groups is 1. The highest BCUT2D eigenvalue weighted by atomic mass is 35.5. The summed E-state index contributed by atoms with van der Waals surface area (Å²) >= 11 is 5.89. The quantitative estimate of drug-likeness (QED) is 0.811. The van der Waals surface area contributed by atoms with Gasteiger partial charge in [-0.15, -0.1) is 0 Å².